The van der Waals surface area contributed by atoms with Gasteiger partial charge in [-0.3, -0.25) is 4.79 Å². The Kier molecular flexibility index (Phi) is 6.24. The van der Waals surface area contributed by atoms with Crippen LogP contribution in [0.5, 0.6) is 11.5 Å². The van der Waals surface area contributed by atoms with Gasteiger partial charge in [-0.2, -0.15) is 9.30 Å². The maximum atomic E-state index is 13.0. The third-order valence-corrected chi connectivity index (χ3v) is 9.16. The van der Waals surface area contributed by atoms with Crippen LogP contribution in [-0.2, 0) is 21.4 Å². The highest BCUT2D eigenvalue weighted by atomic mass is 35.5. The number of rotatable bonds is 5. The van der Waals surface area contributed by atoms with E-state index in [0.717, 1.165) is 10.2 Å². The summed E-state index contributed by atoms with van der Waals surface area (Å²) in [5.74, 6) is 0.755. The van der Waals surface area contributed by atoms with Gasteiger partial charge in [-0.05, 0) is 37.1 Å². The molecule has 1 fully saturated rings. The fraction of sp³-hybridized carbons (Fsp3) is 0.304. The molecule has 3 heterocycles. The van der Waals surface area contributed by atoms with Crippen molar-refractivity contribution in [3.05, 3.63) is 58.9 Å². The smallest absolute Gasteiger partial charge is 0.251 e. The number of piperidine rings is 1. The Morgan fingerprint density at radius 2 is 1.85 bits per heavy atom. The number of carbonyl (C=O) groups excluding carboxylic acids is 1. The number of halogens is 1. The molecule has 8 nitrogen and oxygen atoms in total. The zero-order valence-corrected chi connectivity index (χ0v) is 20.5. The fourth-order valence-corrected chi connectivity index (χ4v) is 6.79. The maximum absolute atomic E-state index is 13.0. The first kappa shape index (κ1) is 23.1. The lowest BCUT2D eigenvalue weighted by Gasteiger charge is -2.29. The topological polar surface area (TPSA) is 90.2 Å². The molecular formula is C23H22ClN3O5S2. The van der Waals surface area contributed by atoms with Gasteiger partial charge in [0, 0.05) is 42.7 Å². The fourth-order valence-electron chi connectivity index (χ4n) is 4.13. The lowest BCUT2D eigenvalue weighted by Crippen LogP contribution is -2.40. The second-order valence-corrected chi connectivity index (χ2v) is 11.4. The van der Waals surface area contributed by atoms with Gasteiger partial charge in [0.15, 0.2) is 16.3 Å². The summed E-state index contributed by atoms with van der Waals surface area (Å²) in [6.45, 7) is 5.02. The van der Waals surface area contributed by atoms with Gasteiger partial charge in [0.2, 0.25) is 16.8 Å². The van der Waals surface area contributed by atoms with Crippen molar-refractivity contribution in [3.63, 3.8) is 0 Å². The molecule has 2 aliphatic rings. The van der Waals surface area contributed by atoms with Gasteiger partial charge >= 0.3 is 0 Å². The van der Waals surface area contributed by atoms with Crippen LogP contribution in [0.4, 0.5) is 0 Å². The number of amides is 1. The number of nitrogens with zero attached hydrogens (tertiary/aromatic N) is 3. The Morgan fingerprint density at radius 3 is 2.53 bits per heavy atom. The van der Waals surface area contributed by atoms with Gasteiger partial charge in [-0.25, -0.2) is 8.42 Å². The molecular weight excluding hydrogens is 498 g/mol. The summed E-state index contributed by atoms with van der Waals surface area (Å²) in [6.07, 6.45) is 2.58. The molecule has 1 amide bonds. The van der Waals surface area contributed by atoms with Crippen LogP contribution >= 0.6 is 22.9 Å². The summed E-state index contributed by atoms with van der Waals surface area (Å²) in [5, 5.41) is 0.476. The van der Waals surface area contributed by atoms with E-state index in [9.17, 15) is 13.2 Å². The van der Waals surface area contributed by atoms with Gasteiger partial charge in [-0.15, -0.1) is 6.58 Å². The largest absolute Gasteiger partial charge is 0.454 e. The first-order valence-electron chi connectivity index (χ1n) is 10.7. The molecule has 0 unspecified atom stereocenters. The molecule has 0 radical (unpaired) electrons. The zero-order chi connectivity index (χ0) is 23.9. The monoisotopic (exact) mass is 519 g/mol. The molecule has 5 rings (SSSR count). The Labute approximate surface area is 205 Å². The molecule has 0 bridgehead atoms. The molecule has 0 aliphatic carbocycles. The van der Waals surface area contributed by atoms with Crippen molar-refractivity contribution in [2.75, 3.05) is 19.9 Å². The molecule has 178 valence electrons. The van der Waals surface area contributed by atoms with E-state index in [-0.39, 0.29) is 36.6 Å². The van der Waals surface area contributed by atoms with Gasteiger partial charge in [0.25, 0.3) is 5.91 Å². The third kappa shape index (κ3) is 4.26. The number of sulfonamides is 1. The standard InChI is InChI=1S/C23H22ClN3O5S2/c1-2-9-27-18-12-19-20(32-14-31-19)13-21(18)33-23(27)25-22(28)15-7-10-26(11-8-15)34(29,30)17-5-3-16(24)4-6-17/h2-6,12-13,15H,1,7-11,14H2. The Balaban J connectivity index is 1.36. The highest BCUT2D eigenvalue weighted by Gasteiger charge is 2.32. The predicted octanol–water partition coefficient (Wildman–Crippen LogP) is 3.80. The van der Waals surface area contributed by atoms with Crippen LogP contribution < -0.4 is 14.3 Å². The molecule has 0 N–H and O–H groups in total. The zero-order valence-electron chi connectivity index (χ0n) is 18.1. The van der Waals surface area contributed by atoms with Gasteiger partial charge in [0.1, 0.15) is 0 Å². The number of carbonyl (C=O) groups is 1. The number of thiazole rings is 1. The van der Waals surface area contributed by atoms with Crippen LogP contribution in [-0.4, -0.2) is 43.1 Å². The Morgan fingerprint density at radius 1 is 1.18 bits per heavy atom. The predicted molar refractivity (Wildman–Crippen MR) is 130 cm³/mol. The summed E-state index contributed by atoms with van der Waals surface area (Å²) in [5.41, 5.74) is 0.893. The maximum Gasteiger partial charge on any atom is 0.251 e. The first-order chi connectivity index (χ1) is 16.4. The summed E-state index contributed by atoms with van der Waals surface area (Å²) in [7, 11) is -3.63. The van der Waals surface area contributed by atoms with E-state index in [0.29, 0.717) is 40.7 Å². The van der Waals surface area contributed by atoms with E-state index in [1.807, 2.05) is 16.7 Å². The number of aromatic nitrogens is 1. The van der Waals surface area contributed by atoms with Crippen molar-refractivity contribution in [2.45, 2.75) is 24.3 Å². The lowest BCUT2D eigenvalue weighted by molar-refractivity contribution is -0.122. The van der Waals surface area contributed by atoms with Crippen molar-refractivity contribution >= 4 is 49.1 Å². The average Bonchev–Trinajstić information content (AvgIpc) is 3.42. The second-order valence-electron chi connectivity index (χ2n) is 8.04. The van der Waals surface area contributed by atoms with Crippen LogP contribution in [0.1, 0.15) is 12.8 Å². The van der Waals surface area contributed by atoms with Crippen LogP contribution in [0.3, 0.4) is 0 Å². The van der Waals surface area contributed by atoms with E-state index in [2.05, 4.69) is 11.6 Å². The minimum Gasteiger partial charge on any atom is -0.454 e. The normalized spacial score (nSPS) is 17.4. The van der Waals surface area contributed by atoms with E-state index in [1.165, 1.54) is 27.8 Å². The van der Waals surface area contributed by atoms with Gasteiger partial charge in [0.05, 0.1) is 15.1 Å². The summed E-state index contributed by atoms with van der Waals surface area (Å²) in [6, 6.07) is 9.89. The van der Waals surface area contributed by atoms with Crippen molar-refractivity contribution in [1.29, 1.82) is 0 Å². The average molecular weight is 520 g/mol. The third-order valence-electron chi connectivity index (χ3n) is 5.95. The number of allylic oxidation sites excluding steroid dienone is 1. The van der Waals surface area contributed by atoms with E-state index < -0.39 is 10.0 Å². The number of fused-ring (bicyclic) bond motifs is 2. The van der Waals surface area contributed by atoms with Crippen molar-refractivity contribution in [3.8, 4) is 11.5 Å². The minimum absolute atomic E-state index is 0.191. The van der Waals surface area contributed by atoms with Crippen molar-refractivity contribution < 1.29 is 22.7 Å². The van der Waals surface area contributed by atoms with Crippen LogP contribution in [0.2, 0.25) is 5.02 Å². The Bertz CT molecular complexity index is 1440. The first-order valence-corrected chi connectivity index (χ1v) is 13.4. The van der Waals surface area contributed by atoms with E-state index >= 15 is 0 Å². The van der Waals surface area contributed by atoms with E-state index in [1.54, 1.807) is 18.2 Å². The second kappa shape index (κ2) is 9.18. The van der Waals surface area contributed by atoms with Crippen molar-refractivity contribution in [2.24, 2.45) is 10.9 Å². The highest BCUT2D eigenvalue weighted by molar-refractivity contribution is 7.89. The molecule has 3 aromatic rings. The number of ether oxygens (including phenoxy) is 2. The summed E-state index contributed by atoms with van der Waals surface area (Å²) < 4.78 is 41.0. The molecule has 1 aromatic heterocycles. The summed E-state index contributed by atoms with van der Waals surface area (Å²) >= 11 is 7.28. The minimum atomic E-state index is -3.63. The molecule has 2 aromatic carbocycles. The van der Waals surface area contributed by atoms with Crippen LogP contribution in [0, 0.1) is 5.92 Å². The highest BCUT2D eigenvalue weighted by Crippen LogP contribution is 2.37. The molecule has 0 saturated carbocycles. The number of hydrogen-bond acceptors (Lipinski definition) is 6. The quantitative estimate of drug-likeness (QED) is 0.478. The van der Waals surface area contributed by atoms with Gasteiger partial charge in [-0.1, -0.05) is 29.0 Å². The molecule has 0 atom stereocenters. The lowest BCUT2D eigenvalue weighted by atomic mass is 9.98. The van der Waals surface area contributed by atoms with Crippen LogP contribution in [0.25, 0.3) is 10.2 Å². The number of hydrogen-bond donors (Lipinski definition) is 0. The van der Waals surface area contributed by atoms with Crippen molar-refractivity contribution in [1.82, 2.24) is 8.87 Å². The Hall–Kier alpha value is -2.66. The SMILES string of the molecule is C=CCn1c(=NC(=O)C2CCN(S(=O)(=O)c3ccc(Cl)cc3)CC2)sc2cc3c(cc21)OCO3. The summed E-state index contributed by atoms with van der Waals surface area (Å²) in [4.78, 5) is 18.2. The number of benzene rings is 2. The molecule has 0 spiro atoms. The molecule has 34 heavy (non-hydrogen) atoms. The molecule has 2 aliphatic heterocycles. The molecule has 11 heteroatoms. The van der Waals surface area contributed by atoms with Gasteiger partial charge < -0.3 is 14.0 Å². The van der Waals surface area contributed by atoms with E-state index in [4.69, 9.17) is 21.1 Å². The molecule has 1 saturated heterocycles. The van der Waals surface area contributed by atoms with Crippen LogP contribution in [0.15, 0.2) is 58.9 Å².